The number of amides is 2. The van der Waals surface area contributed by atoms with E-state index in [1.807, 2.05) is 12.1 Å². The van der Waals surface area contributed by atoms with E-state index in [1.54, 1.807) is 25.3 Å². The molecule has 0 saturated carbocycles. The van der Waals surface area contributed by atoms with Crippen molar-refractivity contribution in [2.75, 3.05) is 18.4 Å². The summed E-state index contributed by atoms with van der Waals surface area (Å²) >= 11 is 5.76. The van der Waals surface area contributed by atoms with E-state index in [2.05, 4.69) is 10.3 Å². The number of nitrogens with zero attached hydrogens (tertiary/aromatic N) is 1. The highest BCUT2D eigenvalue weighted by atomic mass is 35.5. The molecule has 3 rings (SSSR count). The van der Waals surface area contributed by atoms with Crippen LogP contribution in [0.1, 0.15) is 12.5 Å². The van der Waals surface area contributed by atoms with Gasteiger partial charge in [0.05, 0.1) is 11.1 Å². The number of halogens is 2. The molecule has 1 atom stereocenters. The van der Waals surface area contributed by atoms with Crippen molar-refractivity contribution < 1.29 is 14.3 Å². The lowest BCUT2D eigenvalue weighted by Crippen LogP contribution is -2.40. The summed E-state index contributed by atoms with van der Waals surface area (Å²) in [5, 5.41) is 13.8. The Kier molecular flexibility index (Phi) is 6.51. The fourth-order valence-corrected chi connectivity index (χ4v) is 3.28. The van der Waals surface area contributed by atoms with E-state index in [-0.39, 0.29) is 17.1 Å². The summed E-state index contributed by atoms with van der Waals surface area (Å²) < 4.78 is 13.3. The molecular formula is C21H21ClFN3O3. The van der Waals surface area contributed by atoms with Crippen molar-refractivity contribution in [1.29, 1.82) is 0 Å². The number of benzene rings is 2. The van der Waals surface area contributed by atoms with E-state index in [0.29, 0.717) is 24.0 Å². The number of carbonyl (C=O) groups excluding carboxylic acids is 1. The number of H-pyrrole nitrogens is 1. The predicted molar refractivity (Wildman–Crippen MR) is 112 cm³/mol. The molecule has 0 spiro atoms. The third kappa shape index (κ3) is 5.13. The highest BCUT2D eigenvalue weighted by Crippen LogP contribution is 2.20. The molecular weight excluding hydrogens is 397 g/mol. The minimum atomic E-state index is -0.732. The Morgan fingerprint density at radius 2 is 2.00 bits per heavy atom. The molecule has 1 aromatic heterocycles. The van der Waals surface area contributed by atoms with Gasteiger partial charge in [-0.3, -0.25) is 4.79 Å². The number of nitrogens with one attached hydrogen (secondary N) is 2. The second-order valence-electron chi connectivity index (χ2n) is 6.79. The predicted octanol–water partition coefficient (Wildman–Crippen LogP) is 3.78. The van der Waals surface area contributed by atoms with E-state index >= 15 is 0 Å². The van der Waals surface area contributed by atoms with Gasteiger partial charge in [-0.15, -0.1) is 0 Å². The number of rotatable bonds is 6. The summed E-state index contributed by atoms with van der Waals surface area (Å²) in [5.74, 6) is -0.574. The van der Waals surface area contributed by atoms with Crippen molar-refractivity contribution in [2.45, 2.75) is 19.4 Å². The molecule has 3 aromatic rings. The number of pyridine rings is 1. The number of hydrogen-bond acceptors (Lipinski definition) is 3. The second-order valence-corrected chi connectivity index (χ2v) is 7.20. The quantitative estimate of drug-likeness (QED) is 0.570. The standard InChI is InChI=1S/C21H21ClFN3O3/c1-13(27)12-26(21(29)25-15-6-7-19(23)18(22)10-15)9-8-14-11-24-20(28)17-5-3-2-4-16(14)17/h2-7,10-11,13,27H,8-9,12H2,1H3,(H,24,28)(H,25,29)/t13-/m0/s1. The average Bonchev–Trinajstić information content (AvgIpc) is 2.69. The van der Waals surface area contributed by atoms with E-state index in [4.69, 9.17) is 11.6 Å². The van der Waals surface area contributed by atoms with Crippen LogP contribution in [0.5, 0.6) is 0 Å². The zero-order valence-corrected chi connectivity index (χ0v) is 16.5. The second kappa shape index (κ2) is 9.07. The Bertz CT molecular complexity index is 1080. The maximum absolute atomic E-state index is 13.3. The van der Waals surface area contributed by atoms with Crippen LogP contribution in [0.2, 0.25) is 5.02 Å². The number of aromatic nitrogens is 1. The monoisotopic (exact) mass is 417 g/mol. The van der Waals surface area contributed by atoms with E-state index in [9.17, 15) is 19.1 Å². The Morgan fingerprint density at radius 1 is 1.28 bits per heavy atom. The molecule has 0 unspecified atom stereocenters. The van der Waals surface area contributed by atoms with Crippen LogP contribution >= 0.6 is 11.6 Å². The first-order chi connectivity index (χ1) is 13.8. The Hall–Kier alpha value is -2.90. The minimum Gasteiger partial charge on any atom is -0.392 e. The third-order valence-corrected chi connectivity index (χ3v) is 4.78. The van der Waals surface area contributed by atoms with Gasteiger partial charge in [0, 0.05) is 30.4 Å². The van der Waals surface area contributed by atoms with E-state index < -0.39 is 18.0 Å². The maximum Gasteiger partial charge on any atom is 0.321 e. The Labute approximate surface area is 171 Å². The van der Waals surface area contributed by atoms with E-state index in [0.717, 1.165) is 10.9 Å². The van der Waals surface area contributed by atoms with Gasteiger partial charge >= 0.3 is 6.03 Å². The molecule has 3 N–H and O–H groups in total. The molecule has 0 bridgehead atoms. The van der Waals surface area contributed by atoms with Crippen LogP contribution in [0.25, 0.3) is 10.8 Å². The van der Waals surface area contributed by atoms with Gasteiger partial charge in [0.1, 0.15) is 5.82 Å². The fourth-order valence-electron chi connectivity index (χ4n) is 3.10. The van der Waals surface area contributed by atoms with Crippen LogP contribution in [0.3, 0.4) is 0 Å². The van der Waals surface area contributed by atoms with Crippen molar-refractivity contribution in [2.24, 2.45) is 0 Å². The lowest BCUT2D eigenvalue weighted by atomic mass is 10.1. The molecule has 0 radical (unpaired) electrons. The molecule has 0 saturated heterocycles. The van der Waals surface area contributed by atoms with Crippen molar-refractivity contribution in [3.05, 3.63) is 75.4 Å². The van der Waals surface area contributed by atoms with Gasteiger partial charge in [-0.1, -0.05) is 29.8 Å². The summed E-state index contributed by atoms with van der Waals surface area (Å²) in [6.45, 7) is 2.01. The maximum atomic E-state index is 13.3. The van der Waals surface area contributed by atoms with Gasteiger partial charge in [0.2, 0.25) is 0 Å². The fraction of sp³-hybridized carbons (Fsp3) is 0.238. The lowest BCUT2D eigenvalue weighted by molar-refractivity contribution is 0.139. The van der Waals surface area contributed by atoms with Crippen LogP contribution in [0.4, 0.5) is 14.9 Å². The first kappa shape index (κ1) is 20.8. The van der Waals surface area contributed by atoms with Gasteiger partial charge in [0.25, 0.3) is 5.56 Å². The Morgan fingerprint density at radius 3 is 2.69 bits per heavy atom. The molecule has 2 aromatic carbocycles. The van der Waals surface area contributed by atoms with Crippen molar-refractivity contribution >= 4 is 34.1 Å². The molecule has 6 nitrogen and oxygen atoms in total. The first-order valence-corrected chi connectivity index (χ1v) is 9.51. The summed E-state index contributed by atoms with van der Waals surface area (Å²) in [5.41, 5.74) is 1.07. The number of hydrogen-bond donors (Lipinski definition) is 3. The van der Waals surface area contributed by atoms with E-state index in [1.165, 1.54) is 23.1 Å². The zero-order valence-electron chi connectivity index (χ0n) is 15.8. The van der Waals surface area contributed by atoms with Crippen LogP contribution in [0, 0.1) is 5.82 Å². The normalized spacial score (nSPS) is 12.0. The van der Waals surface area contributed by atoms with Crippen LogP contribution in [0.15, 0.2) is 53.5 Å². The lowest BCUT2D eigenvalue weighted by Gasteiger charge is -2.25. The molecule has 2 amide bonds. The molecule has 152 valence electrons. The molecule has 0 aliphatic rings. The van der Waals surface area contributed by atoms with Gasteiger partial charge in [-0.2, -0.15) is 0 Å². The summed E-state index contributed by atoms with van der Waals surface area (Å²) in [7, 11) is 0. The number of aromatic amines is 1. The van der Waals surface area contributed by atoms with Crippen molar-refractivity contribution in [1.82, 2.24) is 9.88 Å². The number of aliphatic hydroxyl groups is 1. The number of anilines is 1. The SMILES string of the molecule is C[C@H](O)CN(CCc1c[nH]c(=O)c2ccccc12)C(=O)Nc1ccc(F)c(Cl)c1. The first-order valence-electron chi connectivity index (χ1n) is 9.13. The van der Waals surface area contributed by atoms with Crippen LogP contribution in [-0.4, -0.2) is 40.2 Å². The highest BCUT2D eigenvalue weighted by molar-refractivity contribution is 6.31. The third-order valence-electron chi connectivity index (χ3n) is 4.49. The molecule has 29 heavy (non-hydrogen) atoms. The molecule has 8 heteroatoms. The van der Waals surface area contributed by atoms with Crippen LogP contribution in [-0.2, 0) is 6.42 Å². The van der Waals surface area contributed by atoms with Gasteiger partial charge < -0.3 is 20.3 Å². The zero-order chi connectivity index (χ0) is 21.0. The number of carbonyl (C=O) groups is 1. The Balaban J connectivity index is 1.77. The van der Waals surface area contributed by atoms with Crippen molar-refractivity contribution in [3.8, 4) is 0 Å². The topological polar surface area (TPSA) is 85.4 Å². The number of urea groups is 1. The molecule has 0 fully saturated rings. The average molecular weight is 418 g/mol. The van der Waals surface area contributed by atoms with Gasteiger partial charge in [0.15, 0.2) is 0 Å². The largest absolute Gasteiger partial charge is 0.392 e. The molecule has 0 aliphatic carbocycles. The van der Waals surface area contributed by atoms with Crippen molar-refractivity contribution in [3.63, 3.8) is 0 Å². The van der Waals surface area contributed by atoms with Crippen LogP contribution < -0.4 is 10.9 Å². The smallest absolute Gasteiger partial charge is 0.321 e. The highest BCUT2D eigenvalue weighted by Gasteiger charge is 2.17. The number of aliphatic hydroxyl groups excluding tert-OH is 1. The number of fused-ring (bicyclic) bond motifs is 1. The summed E-state index contributed by atoms with van der Waals surface area (Å²) in [6, 6.07) is 10.7. The molecule has 0 aliphatic heterocycles. The summed E-state index contributed by atoms with van der Waals surface area (Å²) in [4.78, 5) is 28.8. The summed E-state index contributed by atoms with van der Waals surface area (Å²) in [6.07, 6.45) is 1.38. The van der Waals surface area contributed by atoms with Gasteiger partial charge in [-0.05, 0) is 48.6 Å². The van der Waals surface area contributed by atoms with Gasteiger partial charge in [-0.25, -0.2) is 9.18 Å². The molecule has 1 heterocycles. The minimum absolute atomic E-state index is 0.0930.